The third-order valence-corrected chi connectivity index (χ3v) is 4.68. The summed E-state index contributed by atoms with van der Waals surface area (Å²) in [6, 6.07) is 8.97. The Bertz CT molecular complexity index is 931. The Morgan fingerprint density at radius 2 is 2.08 bits per heavy atom. The maximum atomic E-state index is 10.6. The number of carboxylic acid groups (broad SMARTS) is 1. The van der Waals surface area contributed by atoms with Crippen molar-refractivity contribution >= 4 is 44.4 Å². The van der Waals surface area contributed by atoms with E-state index in [0.29, 0.717) is 26.7 Å². The van der Waals surface area contributed by atoms with Crippen LogP contribution in [0.25, 0.3) is 10.9 Å². The second-order valence-electron chi connectivity index (χ2n) is 5.77. The number of ether oxygens (including phenoxy) is 2. The average molecular weight is 439 g/mol. The fraction of sp³-hybridized carbons (Fsp3) is 0.211. The molecule has 0 atom stereocenters. The Balaban J connectivity index is 1.87. The standard InChI is InChI=1S/C19H17BrClNO4/c1-2-3-11-9-22-17-5-4-12(6-14(11)17)26-19-15(20)7-13(8-16(19)21)25-10-18(23)24/h4-9,22H,2-3,10H2,1H3,(H,23,24). The topological polar surface area (TPSA) is 71.5 Å². The number of rotatable bonds is 7. The van der Waals surface area contributed by atoms with Crippen LogP contribution in [0.3, 0.4) is 0 Å². The molecule has 0 saturated carbocycles. The zero-order valence-electron chi connectivity index (χ0n) is 14.0. The Labute approximate surface area is 164 Å². The van der Waals surface area contributed by atoms with Crippen LogP contribution < -0.4 is 9.47 Å². The van der Waals surface area contributed by atoms with Gasteiger partial charge in [-0.2, -0.15) is 0 Å². The first kappa shape index (κ1) is 18.6. The molecule has 0 fully saturated rings. The number of carboxylic acids is 1. The number of nitrogens with one attached hydrogen (secondary N) is 1. The number of fused-ring (bicyclic) bond motifs is 1. The van der Waals surface area contributed by atoms with Crippen LogP contribution >= 0.6 is 27.5 Å². The number of aromatic nitrogens is 1. The number of H-pyrrole nitrogens is 1. The summed E-state index contributed by atoms with van der Waals surface area (Å²) >= 11 is 9.69. The molecule has 3 aromatic rings. The molecule has 136 valence electrons. The molecule has 0 spiro atoms. The van der Waals surface area contributed by atoms with Crippen molar-refractivity contribution in [2.75, 3.05) is 6.61 Å². The van der Waals surface area contributed by atoms with Gasteiger partial charge < -0.3 is 19.6 Å². The number of halogens is 2. The summed E-state index contributed by atoms with van der Waals surface area (Å²) < 4.78 is 11.7. The van der Waals surface area contributed by atoms with Gasteiger partial charge in [0.15, 0.2) is 12.4 Å². The summed E-state index contributed by atoms with van der Waals surface area (Å²) in [6.45, 7) is 1.71. The number of carbonyl (C=O) groups is 1. The van der Waals surface area contributed by atoms with Gasteiger partial charge >= 0.3 is 5.97 Å². The van der Waals surface area contributed by atoms with Crippen molar-refractivity contribution in [3.63, 3.8) is 0 Å². The zero-order valence-corrected chi connectivity index (χ0v) is 16.4. The van der Waals surface area contributed by atoms with E-state index >= 15 is 0 Å². The van der Waals surface area contributed by atoms with Gasteiger partial charge in [-0.25, -0.2) is 4.79 Å². The lowest BCUT2D eigenvalue weighted by molar-refractivity contribution is -0.139. The third kappa shape index (κ3) is 4.14. The van der Waals surface area contributed by atoms with E-state index in [0.717, 1.165) is 23.7 Å². The van der Waals surface area contributed by atoms with Crippen LogP contribution in [0, 0.1) is 0 Å². The highest BCUT2D eigenvalue weighted by Gasteiger charge is 2.13. The Kier molecular flexibility index (Phi) is 5.74. The van der Waals surface area contributed by atoms with Crippen molar-refractivity contribution in [1.82, 2.24) is 4.98 Å². The lowest BCUT2D eigenvalue weighted by atomic mass is 10.1. The minimum absolute atomic E-state index is 0.322. The molecule has 2 N–H and O–H groups in total. The van der Waals surface area contributed by atoms with Crippen LogP contribution in [0.1, 0.15) is 18.9 Å². The second kappa shape index (κ2) is 8.01. The molecule has 1 aromatic heterocycles. The Morgan fingerprint density at radius 3 is 2.77 bits per heavy atom. The van der Waals surface area contributed by atoms with Crippen molar-refractivity contribution in [1.29, 1.82) is 0 Å². The zero-order chi connectivity index (χ0) is 18.7. The van der Waals surface area contributed by atoms with Gasteiger partial charge in [-0.1, -0.05) is 24.9 Å². The molecular formula is C19H17BrClNO4. The molecule has 26 heavy (non-hydrogen) atoms. The summed E-state index contributed by atoms with van der Waals surface area (Å²) in [6.07, 6.45) is 4.08. The number of hydrogen-bond acceptors (Lipinski definition) is 3. The van der Waals surface area contributed by atoms with Crippen LogP contribution in [0.15, 0.2) is 41.0 Å². The summed E-state index contributed by atoms with van der Waals surface area (Å²) in [4.78, 5) is 13.9. The molecule has 0 unspecified atom stereocenters. The molecule has 0 saturated heterocycles. The van der Waals surface area contributed by atoms with Crippen LogP contribution in [0.2, 0.25) is 5.02 Å². The lowest BCUT2D eigenvalue weighted by Gasteiger charge is -2.12. The maximum absolute atomic E-state index is 10.6. The van der Waals surface area contributed by atoms with Gasteiger partial charge in [0.2, 0.25) is 0 Å². The predicted molar refractivity (Wildman–Crippen MR) is 105 cm³/mol. The quantitative estimate of drug-likeness (QED) is 0.489. The van der Waals surface area contributed by atoms with Gasteiger partial charge in [-0.15, -0.1) is 0 Å². The van der Waals surface area contributed by atoms with Crippen molar-refractivity contribution in [3.8, 4) is 17.2 Å². The van der Waals surface area contributed by atoms with E-state index in [1.807, 2.05) is 24.4 Å². The van der Waals surface area contributed by atoms with Gasteiger partial charge in [0, 0.05) is 23.2 Å². The van der Waals surface area contributed by atoms with Gasteiger partial charge in [-0.05, 0) is 52.2 Å². The van der Waals surface area contributed by atoms with Crippen molar-refractivity contribution in [2.45, 2.75) is 19.8 Å². The minimum atomic E-state index is -1.06. The van der Waals surface area contributed by atoms with E-state index in [2.05, 4.69) is 27.8 Å². The fourth-order valence-corrected chi connectivity index (χ4v) is 3.56. The molecule has 2 aromatic carbocycles. The number of benzene rings is 2. The molecule has 0 radical (unpaired) electrons. The summed E-state index contributed by atoms with van der Waals surface area (Å²) in [7, 11) is 0. The van der Waals surface area contributed by atoms with Crippen LogP contribution in [0.4, 0.5) is 0 Å². The van der Waals surface area contributed by atoms with E-state index in [1.165, 1.54) is 11.6 Å². The first-order chi connectivity index (χ1) is 12.5. The second-order valence-corrected chi connectivity index (χ2v) is 7.03. The van der Waals surface area contributed by atoms with E-state index in [1.54, 1.807) is 6.07 Å². The smallest absolute Gasteiger partial charge is 0.341 e. The normalized spacial score (nSPS) is 10.9. The Hall–Kier alpha value is -2.18. The fourth-order valence-electron chi connectivity index (χ4n) is 2.68. The third-order valence-electron chi connectivity index (χ3n) is 3.81. The number of hydrogen-bond donors (Lipinski definition) is 2. The molecule has 0 aliphatic rings. The summed E-state index contributed by atoms with van der Waals surface area (Å²) in [5.74, 6) is 0.403. The highest BCUT2D eigenvalue weighted by Crippen LogP contribution is 2.40. The van der Waals surface area contributed by atoms with Gasteiger partial charge in [-0.3, -0.25) is 0 Å². The summed E-state index contributed by atoms with van der Waals surface area (Å²) in [5, 5.41) is 10.1. The van der Waals surface area contributed by atoms with Crippen LogP contribution in [0.5, 0.6) is 17.2 Å². The molecule has 0 aliphatic heterocycles. The average Bonchev–Trinajstić information content (AvgIpc) is 2.99. The van der Waals surface area contributed by atoms with Gasteiger partial charge in [0.05, 0.1) is 9.50 Å². The van der Waals surface area contributed by atoms with Gasteiger partial charge in [0.25, 0.3) is 0 Å². The summed E-state index contributed by atoms with van der Waals surface area (Å²) in [5.41, 5.74) is 2.30. The highest BCUT2D eigenvalue weighted by atomic mass is 79.9. The van der Waals surface area contributed by atoms with Crippen LogP contribution in [-0.4, -0.2) is 22.7 Å². The van der Waals surface area contributed by atoms with E-state index in [4.69, 9.17) is 26.2 Å². The number of aromatic amines is 1. The van der Waals surface area contributed by atoms with E-state index < -0.39 is 12.6 Å². The number of aliphatic carboxylic acids is 1. The van der Waals surface area contributed by atoms with E-state index in [-0.39, 0.29) is 0 Å². The molecule has 1 heterocycles. The SMILES string of the molecule is CCCc1c[nH]c2ccc(Oc3c(Cl)cc(OCC(=O)O)cc3Br)cc12. The van der Waals surface area contributed by atoms with Gasteiger partial charge in [0.1, 0.15) is 11.5 Å². The number of aryl methyl sites for hydroxylation is 1. The van der Waals surface area contributed by atoms with Crippen molar-refractivity contribution in [3.05, 3.63) is 51.6 Å². The predicted octanol–water partition coefficient (Wildman–Crippen LogP) is 5.79. The van der Waals surface area contributed by atoms with E-state index in [9.17, 15) is 4.79 Å². The molecule has 0 bridgehead atoms. The molecule has 0 amide bonds. The van der Waals surface area contributed by atoms with Crippen LogP contribution in [-0.2, 0) is 11.2 Å². The largest absolute Gasteiger partial charge is 0.482 e. The highest BCUT2D eigenvalue weighted by molar-refractivity contribution is 9.10. The molecule has 5 nitrogen and oxygen atoms in total. The lowest BCUT2D eigenvalue weighted by Crippen LogP contribution is -2.09. The van der Waals surface area contributed by atoms with Crippen molar-refractivity contribution in [2.24, 2.45) is 0 Å². The first-order valence-corrected chi connectivity index (χ1v) is 9.26. The molecule has 0 aliphatic carbocycles. The first-order valence-electron chi connectivity index (χ1n) is 8.09. The monoisotopic (exact) mass is 437 g/mol. The molecule has 7 heteroatoms. The maximum Gasteiger partial charge on any atom is 0.341 e. The molecular weight excluding hydrogens is 422 g/mol. The molecule has 3 rings (SSSR count). The van der Waals surface area contributed by atoms with Crippen molar-refractivity contribution < 1.29 is 19.4 Å². The Morgan fingerprint density at radius 1 is 1.27 bits per heavy atom. The minimum Gasteiger partial charge on any atom is -0.482 e.